The fraction of sp³-hybridized carbons (Fsp3) is 0.784. The standard InChI is InChI=1S/C37H58N2O2/c1-8-9-10-11-12-25-39(34(41)26-13-15-27(16-14-26)35(2,3)4)32-20-18-29-28-17-19-31-36(5,24-22-33(40)38(31)7)30(28)21-23-37(29,32)6/h13-16,28-32H,8-12,17-25H2,1-7H3/t28-,29-,30-,31+,32-,36+,37-/m0/s1. The molecular weight excluding hydrogens is 504 g/mol. The third-order valence-corrected chi connectivity index (χ3v) is 12.6. The van der Waals surface area contributed by atoms with Crippen LogP contribution in [-0.2, 0) is 10.2 Å². The maximum atomic E-state index is 14.3. The monoisotopic (exact) mass is 562 g/mol. The van der Waals surface area contributed by atoms with E-state index < -0.39 is 0 Å². The Hall–Kier alpha value is -1.84. The summed E-state index contributed by atoms with van der Waals surface area (Å²) in [5.74, 6) is 2.71. The van der Waals surface area contributed by atoms with Crippen LogP contribution in [-0.4, -0.2) is 47.3 Å². The highest BCUT2D eigenvalue weighted by atomic mass is 16.2. The van der Waals surface area contributed by atoms with Gasteiger partial charge < -0.3 is 9.80 Å². The number of piperidine rings is 1. The Morgan fingerprint density at radius 1 is 0.902 bits per heavy atom. The summed E-state index contributed by atoms with van der Waals surface area (Å²) in [6.07, 6.45) is 15.1. The number of likely N-dealkylation sites (tertiary alicyclic amines) is 1. The molecule has 0 radical (unpaired) electrons. The van der Waals surface area contributed by atoms with E-state index in [4.69, 9.17) is 0 Å². The molecule has 0 spiro atoms. The van der Waals surface area contributed by atoms with Gasteiger partial charge in [0.05, 0.1) is 0 Å². The Kier molecular flexibility index (Phi) is 8.72. The van der Waals surface area contributed by atoms with Gasteiger partial charge >= 0.3 is 0 Å². The number of carbonyl (C=O) groups excluding carboxylic acids is 2. The van der Waals surface area contributed by atoms with Gasteiger partial charge in [0, 0.05) is 37.7 Å². The summed E-state index contributed by atoms with van der Waals surface area (Å²) in [6, 6.07) is 9.24. The Morgan fingerprint density at radius 2 is 1.59 bits per heavy atom. The molecule has 1 aromatic carbocycles. The third kappa shape index (κ3) is 5.51. The maximum absolute atomic E-state index is 14.3. The first-order valence-corrected chi connectivity index (χ1v) is 17.1. The van der Waals surface area contributed by atoms with Gasteiger partial charge in [-0.3, -0.25) is 9.59 Å². The second-order valence-corrected chi connectivity index (χ2v) is 15.9. The fourth-order valence-corrected chi connectivity index (χ4v) is 10.2. The Labute approximate surface area is 251 Å². The molecule has 41 heavy (non-hydrogen) atoms. The van der Waals surface area contributed by atoms with Crippen LogP contribution in [0.25, 0.3) is 0 Å². The summed E-state index contributed by atoms with van der Waals surface area (Å²) in [5.41, 5.74) is 2.65. The number of amides is 2. The van der Waals surface area contributed by atoms with Gasteiger partial charge in [0.25, 0.3) is 5.91 Å². The minimum absolute atomic E-state index is 0.0847. The normalized spacial score (nSPS) is 35.0. The van der Waals surface area contributed by atoms with E-state index in [0.717, 1.165) is 43.7 Å². The summed E-state index contributed by atoms with van der Waals surface area (Å²) in [4.78, 5) is 31.3. The fourth-order valence-electron chi connectivity index (χ4n) is 10.2. The highest BCUT2D eigenvalue weighted by Crippen LogP contribution is 2.65. The predicted molar refractivity (Wildman–Crippen MR) is 169 cm³/mol. The van der Waals surface area contributed by atoms with Crippen molar-refractivity contribution in [2.24, 2.45) is 28.6 Å². The quantitative estimate of drug-likeness (QED) is 0.298. The molecule has 0 unspecified atom stereocenters. The Balaban J connectivity index is 1.38. The van der Waals surface area contributed by atoms with Crippen molar-refractivity contribution in [2.45, 2.75) is 143 Å². The van der Waals surface area contributed by atoms with Gasteiger partial charge in [-0.2, -0.15) is 0 Å². The zero-order valence-electron chi connectivity index (χ0n) is 27.3. The van der Waals surface area contributed by atoms with E-state index in [1.807, 2.05) is 0 Å². The lowest BCUT2D eigenvalue weighted by atomic mass is 9.47. The summed E-state index contributed by atoms with van der Waals surface area (Å²) in [6.45, 7) is 14.9. The van der Waals surface area contributed by atoms with Gasteiger partial charge in [0.2, 0.25) is 5.91 Å². The molecule has 1 saturated heterocycles. The molecule has 4 aliphatic rings. The zero-order valence-corrected chi connectivity index (χ0v) is 27.3. The minimum Gasteiger partial charge on any atom is -0.342 e. The van der Waals surface area contributed by atoms with E-state index in [9.17, 15) is 9.59 Å². The highest BCUT2D eigenvalue weighted by Gasteiger charge is 2.62. The van der Waals surface area contributed by atoms with Crippen LogP contribution in [0.2, 0.25) is 0 Å². The van der Waals surface area contributed by atoms with Crippen LogP contribution in [0.3, 0.4) is 0 Å². The van der Waals surface area contributed by atoms with Crippen molar-refractivity contribution in [1.29, 1.82) is 0 Å². The molecule has 1 aromatic rings. The Morgan fingerprint density at radius 3 is 2.27 bits per heavy atom. The van der Waals surface area contributed by atoms with Crippen LogP contribution in [0.4, 0.5) is 0 Å². The minimum atomic E-state index is 0.0847. The largest absolute Gasteiger partial charge is 0.342 e. The van der Waals surface area contributed by atoms with E-state index in [1.165, 1.54) is 56.9 Å². The maximum Gasteiger partial charge on any atom is 0.254 e. The molecule has 1 aliphatic heterocycles. The molecule has 5 rings (SSSR count). The van der Waals surface area contributed by atoms with Crippen molar-refractivity contribution in [2.75, 3.05) is 13.6 Å². The molecule has 4 heteroatoms. The summed E-state index contributed by atoms with van der Waals surface area (Å²) >= 11 is 0. The van der Waals surface area contributed by atoms with Crippen molar-refractivity contribution < 1.29 is 9.59 Å². The topological polar surface area (TPSA) is 40.6 Å². The SMILES string of the molecule is CCCCCCCN(C(=O)c1ccc(C(C)(C)C)cc1)[C@H]1CC[C@H]2[C@@H]3CC[C@H]4N(C)C(=O)CC[C@]4(C)[C@H]3CC[C@]12C. The summed E-state index contributed by atoms with van der Waals surface area (Å²) in [5, 5.41) is 0. The van der Waals surface area contributed by atoms with Gasteiger partial charge in [-0.15, -0.1) is 0 Å². The number of fused-ring (bicyclic) bond motifs is 5. The van der Waals surface area contributed by atoms with Gasteiger partial charge in [0.1, 0.15) is 0 Å². The average Bonchev–Trinajstić information content (AvgIpc) is 3.29. The van der Waals surface area contributed by atoms with E-state index in [0.29, 0.717) is 36.2 Å². The zero-order chi connectivity index (χ0) is 29.6. The van der Waals surface area contributed by atoms with Crippen LogP contribution in [0, 0.1) is 28.6 Å². The molecule has 228 valence electrons. The van der Waals surface area contributed by atoms with E-state index in [-0.39, 0.29) is 22.2 Å². The van der Waals surface area contributed by atoms with Crippen molar-refractivity contribution in [3.05, 3.63) is 35.4 Å². The average molecular weight is 563 g/mol. The van der Waals surface area contributed by atoms with Crippen LogP contribution >= 0.6 is 0 Å². The molecule has 2 amide bonds. The van der Waals surface area contributed by atoms with Crippen molar-refractivity contribution >= 4 is 11.8 Å². The third-order valence-electron chi connectivity index (χ3n) is 12.6. The van der Waals surface area contributed by atoms with E-state index in [2.05, 4.69) is 82.7 Å². The molecular formula is C37H58N2O2. The first kappa shape index (κ1) is 30.6. The van der Waals surface area contributed by atoms with Crippen LogP contribution in [0.5, 0.6) is 0 Å². The van der Waals surface area contributed by atoms with Crippen LogP contribution in [0.15, 0.2) is 24.3 Å². The van der Waals surface area contributed by atoms with Crippen molar-refractivity contribution in [3.8, 4) is 0 Å². The molecule has 4 nitrogen and oxygen atoms in total. The second-order valence-electron chi connectivity index (χ2n) is 15.9. The molecule has 0 N–H and O–H groups in total. The number of unbranched alkanes of at least 4 members (excludes halogenated alkanes) is 4. The molecule has 0 aromatic heterocycles. The lowest BCUT2D eigenvalue weighted by Gasteiger charge is -2.62. The molecule has 4 fully saturated rings. The van der Waals surface area contributed by atoms with E-state index in [1.54, 1.807) is 0 Å². The number of hydrogen-bond donors (Lipinski definition) is 0. The molecule has 3 aliphatic carbocycles. The van der Waals surface area contributed by atoms with Crippen molar-refractivity contribution in [1.82, 2.24) is 9.80 Å². The van der Waals surface area contributed by atoms with Gasteiger partial charge in [-0.05, 0) is 103 Å². The Bertz CT molecular complexity index is 1090. The molecule has 3 saturated carbocycles. The summed E-state index contributed by atoms with van der Waals surface area (Å²) in [7, 11) is 2.06. The number of benzene rings is 1. The number of hydrogen-bond acceptors (Lipinski definition) is 2. The highest BCUT2D eigenvalue weighted by molar-refractivity contribution is 5.94. The second kappa shape index (κ2) is 11.7. The van der Waals surface area contributed by atoms with Crippen molar-refractivity contribution in [3.63, 3.8) is 0 Å². The van der Waals surface area contributed by atoms with Crippen LogP contribution < -0.4 is 0 Å². The molecule has 7 atom stereocenters. The first-order chi connectivity index (χ1) is 19.4. The predicted octanol–water partition coefficient (Wildman–Crippen LogP) is 8.63. The summed E-state index contributed by atoms with van der Waals surface area (Å²) < 4.78 is 0. The number of rotatable bonds is 8. The molecule has 1 heterocycles. The van der Waals surface area contributed by atoms with Crippen LogP contribution in [0.1, 0.15) is 141 Å². The number of nitrogens with zero attached hydrogens (tertiary/aromatic N) is 2. The van der Waals surface area contributed by atoms with Gasteiger partial charge in [-0.1, -0.05) is 79.4 Å². The first-order valence-electron chi connectivity index (χ1n) is 17.1. The lowest BCUT2D eigenvalue weighted by molar-refractivity contribution is -0.158. The number of carbonyl (C=O) groups is 2. The van der Waals surface area contributed by atoms with E-state index >= 15 is 0 Å². The smallest absolute Gasteiger partial charge is 0.254 e. The molecule has 0 bridgehead atoms. The lowest BCUT2D eigenvalue weighted by Crippen LogP contribution is -2.62. The van der Waals surface area contributed by atoms with Gasteiger partial charge in [-0.25, -0.2) is 0 Å². The van der Waals surface area contributed by atoms with Gasteiger partial charge in [0.15, 0.2) is 0 Å².